The predicted molar refractivity (Wildman–Crippen MR) is 116 cm³/mol. The molecule has 9 nitrogen and oxygen atoms in total. The number of nitrogens with zero attached hydrogens (tertiary/aromatic N) is 2. The quantitative estimate of drug-likeness (QED) is 0.166. The van der Waals surface area contributed by atoms with E-state index in [1.165, 1.54) is 45.6 Å². The number of hydrogen-bond donors (Lipinski definition) is 4. The van der Waals surface area contributed by atoms with Gasteiger partial charge in [0.05, 0.1) is 13.2 Å². The lowest BCUT2D eigenvalue weighted by molar-refractivity contribution is -0.147. The number of anilines is 2. The summed E-state index contributed by atoms with van der Waals surface area (Å²) < 4.78 is 9.73. The fourth-order valence-electron chi connectivity index (χ4n) is 2.00. The molecule has 0 atom stereocenters. The number of nitrogen functional groups attached to an aromatic ring is 2. The van der Waals surface area contributed by atoms with E-state index in [0.29, 0.717) is 11.3 Å². The Bertz CT molecular complexity index is 581. The Morgan fingerprint density at radius 2 is 1.83 bits per heavy atom. The molecule has 11 heteroatoms. The van der Waals surface area contributed by atoms with Crippen molar-refractivity contribution in [3.63, 3.8) is 0 Å². The van der Waals surface area contributed by atoms with E-state index in [1.807, 2.05) is 0 Å². The molecule has 0 spiro atoms. The summed E-state index contributed by atoms with van der Waals surface area (Å²) >= 11 is 7.24. The number of esters is 1. The zero-order chi connectivity index (χ0) is 22.4. The third-order valence-electron chi connectivity index (χ3n) is 3.31. The van der Waals surface area contributed by atoms with Gasteiger partial charge in [-0.2, -0.15) is 0 Å². The number of ether oxygens (including phenoxy) is 2. The Morgan fingerprint density at radius 3 is 2.28 bits per heavy atom. The first-order valence-electron chi connectivity index (χ1n) is 9.32. The van der Waals surface area contributed by atoms with Crippen molar-refractivity contribution in [2.75, 3.05) is 30.9 Å². The molecule has 0 saturated heterocycles. The van der Waals surface area contributed by atoms with Gasteiger partial charge < -0.3 is 31.2 Å². The fraction of sp³-hybridized carbons (Fsp3) is 0.722. The summed E-state index contributed by atoms with van der Waals surface area (Å²) in [5, 5.41) is 17.0. The standard InChI is InChI=1S/C8H14O3.C7H11ClN4S.C3H8O2/c1-10-8(9)6-11-7-4-2-3-5-7;1-2-3-13-7-11-5(8)4(9)6(10)12-7;1-3(2,4)5/h7H,2-6H2,1H3;2-3,9H2,1H3,(H2,10,11,12);4-5H,1-2H3. The van der Waals surface area contributed by atoms with Crippen LogP contribution < -0.4 is 11.5 Å². The van der Waals surface area contributed by atoms with Crippen LogP contribution in [-0.2, 0) is 14.3 Å². The van der Waals surface area contributed by atoms with Crippen LogP contribution in [0.3, 0.4) is 0 Å². The van der Waals surface area contributed by atoms with Crippen molar-refractivity contribution in [1.29, 1.82) is 0 Å². The second kappa shape index (κ2) is 14.6. The molecule has 1 aliphatic carbocycles. The van der Waals surface area contributed by atoms with Crippen LogP contribution in [-0.4, -0.2) is 57.5 Å². The molecule has 1 heterocycles. The molecular weight excluding hydrogens is 420 g/mol. The van der Waals surface area contributed by atoms with Crippen molar-refractivity contribution < 1.29 is 24.5 Å². The summed E-state index contributed by atoms with van der Waals surface area (Å²) in [4.78, 5) is 18.6. The maximum absolute atomic E-state index is 10.6. The fourth-order valence-corrected chi connectivity index (χ4v) is 2.93. The predicted octanol–water partition coefficient (Wildman–Crippen LogP) is 2.62. The van der Waals surface area contributed by atoms with Gasteiger partial charge in [-0.1, -0.05) is 43.1 Å². The van der Waals surface area contributed by atoms with E-state index >= 15 is 0 Å². The lowest BCUT2D eigenvalue weighted by Gasteiger charge is -2.08. The first-order valence-corrected chi connectivity index (χ1v) is 10.7. The van der Waals surface area contributed by atoms with Gasteiger partial charge in [-0.3, -0.25) is 0 Å². The number of aromatic nitrogens is 2. The van der Waals surface area contributed by atoms with Crippen LogP contribution in [0.2, 0.25) is 5.15 Å². The highest BCUT2D eigenvalue weighted by molar-refractivity contribution is 7.99. The Hall–Kier alpha value is -1.33. The SMILES string of the molecule is CC(C)(O)O.CCCSc1nc(N)c(N)c(Cl)n1.COC(=O)COC1CCCC1. The van der Waals surface area contributed by atoms with Gasteiger partial charge in [-0.25, -0.2) is 14.8 Å². The van der Waals surface area contributed by atoms with Crippen molar-refractivity contribution in [3.8, 4) is 0 Å². The molecule has 1 aliphatic rings. The first-order chi connectivity index (χ1) is 13.5. The second-order valence-electron chi connectivity index (χ2n) is 6.73. The number of nitrogens with two attached hydrogens (primary N) is 2. The monoisotopic (exact) mass is 452 g/mol. The molecule has 0 aliphatic heterocycles. The Kier molecular flexibility index (Phi) is 14.0. The maximum atomic E-state index is 10.6. The molecule has 6 N–H and O–H groups in total. The number of halogens is 1. The molecule has 0 bridgehead atoms. The molecule has 0 radical (unpaired) electrons. The van der Waals surface area contributed by atoms with Crippen LogP contribution in [0, 0.1) is 0 Å². The van der Waals surface area contributed by atoms with Gasteiger partial charge in [0.15, 0.2) is 21.9 Å². The molecule has 1 aromatic rings. The molecule has 1 aromatic heterocycles. The maximum Gasteiger partial charge on any atom is 0.331 e. The number of thioether (sulfide) groups is 1. The Balaban J connectivity index is 0.000000445. The van der Waals surface area contributed by atoms with Crippen LogP contribution in [0.15, 0.2) is 5.16 Å². The third-order valence-corrected chi connectivity index (χ3v) is 4.65. The summed E-state index contributed by atoms with van der Waals surface area (Å²) in [7, 11) is 1.38. The van der Waals surface area contributed by atoms with Crippen molar-refractivity contribution >= 4 is 40.8 Å². The van der Waals surface area contributed by atoms with E-state index in [9.17, 15) is 4.79 Å². The first kappa shape index (κ1) is 27.7. The minimum Gasteiger partial charge on any atom is -0.467 e. The van der Waals surface area contributed by atoms with Gasteiger partial charge in [0, 0.05) is 5.75 Å². The average Bonchev–Trinajstić information content (AvgIpc) is 3.15. The third kappa shape index (κ3) is 15.2. The Labute approximate surface area is 181 Å². The highest BCUT2D eigenvalue weighted by atomic mass is 35.5. The lowest BCUT2D eigenvalue weighted by atomic mass is 10.3. The second-order valence-corrected chi connectivity index (χ2v) is 8.15. The van der Waals surface area contributed by atoms with E-state index in [4.69, 9.17) is 38.0 Å². The molecule has 0 amide bonds. The van der Waals surface area contributed by atoms with Crippen molar-refractivity contribution in [1.82, 2.24) is 9.97 Å². The normalized spacial score (nSPS) is 13.8. The van der Waals surface area contributed by atoms with Crippen LogP contribution in [0.4, 0.5) is 11.5 Å². The number of carbonyl (C=O) groups is 1. The van der Waals surface area contributed by atoms with E-state index in [-0.39, 0.29) is 29.2 Å². The van der Waals surface area contributed by atoms with Gasteiger partial charge in [0.25, 0.3) is 0 Å². The van der Waals surface area contributed by atoms with E-state index in [1.54, 1.807) is 0 Å². The van der Waals surface area contributed by atoms with E-state index in [0.717, 1.165) is 25.0 Å². The molecule has 1 saturated carbocycles. The summed E-state index contributed by atoms with van der Waals surface area (Å²) in [6.07, 6.45) is 6.00. The van der Waals surface area contributed by atoms with Crippen LogP contribution in [0.1, 0.15) is 52.9 Å². The van der Waals surface area contributed by atoms with E-state index < -0.39 is 5.79 Å². The molecule has 1 fully saturated rings. The van der Waals surface area contributed by atoms with Crippen molar-refractivity contribution in [2.24, 2.45) is 0 Å². The van der Waals surface area contributed by atoms with Gasteiger partial charge in [0.1, 0.15) is 12.3 Å². The van der Waals surface area contributed by atoms with E-state index in [2.05, 4.69) is 21.6 Å². The zero-order valence-electron chi connectivity index (χ0n) is 17.5. The topological polar surface area (TPSA) is 154 Å². The number of rotatable bonds is 6. The molecule has 2 rings (SSSR count). The highest BCUT2D eigenvalue weighted by Crippen LogP contribution is 2.25. The summed E-state index contributed by atoms with van der Waals surface area (Å²) in [6, 6.07) is 0. The average molecular weight is 453 g/mol. The molecule has 29 heavy (non-hydrogen) atoms. The van der Waals surface area contributed by atoms with Crippen molar-refractivity contribution in [3.05, 3.63) is 5.15 Å². The summed E-state index contributed by atoms with van der Waals surface area (Å²) in [5.74, 6) is -0.588. The van der Waals surface area contributed by atoms with Gasteiger partial charge in [0.2, 0.25) is 0 Å². The van der Waals surface area contributed by atoms with Crippen molar-refractivity contribution in [2.45, 2.75) is 69.9 Å². The summed E-state index contributed by atoms with van der Waals surface area (Å²) in [6.45, 7) is 4.79. The summed E-state index contributed by atoms with van der Waals surface area (Å²) in [5.41, 5.74) is 11.3. The highest BCUT2D eigenvalue weighted by Gasteiger charge is 2.16. The number of carbonyl (C=O) groups excluding carboxylic acids is 1. The van der Waals surface area contributed by atoms with Gasteiger partial charge >= 0.3 is 5.97 Å². The van der Waals surface area contributed by atoms with Crippen LogP contribution in [0.25, 0.3) is 0 Å². The molecule has 168 valence electrons. The molecular formula is C18H33ClN4O5S. The zero-order valence-corrected chi connectivity index (χ0v) is 19.1. The van der Waals surface area contributed by atoms with Gasteiger partial charge in [-0.15, -0.1) is 0 Å². The molecule has 0 unspecified atom stereocenters. The minimum absolute atomic E-state index is 0.112. The largest absolute Gasteiger partial charge is 0.467 e. The van der Waals surface area contributed by atoms with Crippen LogP contribution >= 0.6 is 23.4 Å². The lowest BCUT2D eigenvalue weighted by Crippen LogP contribution is -2.16. The number of methoxy groups -OCH3 is 1. The Morgan fingerprint density at radius 1 is 1.28 bits per heavy atom. The smallest absolute Gasteiger partial charge is 0.331 e. The van der Waals surface area contributed by atoms with Gasteiger partial charge in [-0.05, 0) is 33.1 Å². The minimum atomic E-state index is -1.50. The number of aliphatic hydroxyl groups is 2. The molecule has 0 aromatic carbocycles. The van der Waals surface area contributed by atoms with Crippen LogP contribution in [0.5, 0.6) is 0 Å². The number of hydrogen-bond acceptors (Lipinski definition) is 10.